The van der Waals surface area contributed by atoms with Crippen LogP contribution in [-0.4, -0.2) is 28.3 Å². The molecule has 4 aromatic rings. The average molecular weight is 443 g/mol. The van der Waals surface area contributed by atoms with Crippen LogP contribution in [0.2, 0.25) is 0 Å². The number of unbranched alkanes of at least 4 members (excludes halogenated alkanes) is 1. The van der Waals surface area contributed by atoms with E-state index in [-0.39, 0.29) is 11.5 Å². The molecule has 0 spiro atoms. The molecule has 4 rings (SSSR count). The third-order valence-electron chi connectivity index (χ3n) is 6.08. The highest BCUT2D eigenvalue weighted by molar-refractivity contribution is 6.14. The Hall–Kier alpha value is -3.60. The molecular formula is C28H30N2O3. The third kappa shape index (κ3) is 4.63. The van der Waals surface area contributed by atoms with Crippen molar-refractivity contribution in [3.8, 4) is 5.75 Å². The highest BCUT2D eigenvalue weighted by atomic mass is 16.6. The van der Waals surface area contributed by atoms with Crippen molar-refractivity contribution in [2.75, 3.05) is 7.11 Å². The standard InChI is InChI=1S/C28H30N2O3/c1-4-6-7-22(29-33-3)16-19-8-14-26-24(17-19)25-18-21(11-15-27(25)30(26)5-2)28(32)20-9-12-23(31)13-10-20/h8-15,17-18,31H,4-7,16H2,1-3H3/b29-22+. The second-order valence-corrected chi connectivity index (χ2v) is 8.32. The van der Waals surface area contributed by atoms with E-state index in [9.17, 15) is 9.90 Å². The molecule has 0 aliphatic heterocycles. The number of phenols is 1. The third-order valence-corrected chi connectivity index (χ3v) is 6.08. The minimum Gasteiger partial charge on any atom is -0.508 e. The predicted molar refractivity (Wildman–Crippen MR) is 134 cm³/mol. The van der Waals surface area contributed by atoms with Crippen LogP contribution in [0, 0.1) is 0 Å². The summed E-state index contributed by atoms with van der Waals surface area (Å²) in [5.41, 5.74) is 5.69. The van der Waals surface area contributed by atoms with Gasteiger partial charge in [-0.05, 0) is 79.9 Å². The predicted octanol–water partition coefficient (Wildman–Crippen LogP) is 6.49. The lowest BCUT2D eigenvalue weighted by Gasteiger charge is -2.07. The Labute approximate surface area is 194 Å². The number of nitrogens with zero attached hydrogens (tertiary/aromatic N) is 2. The van der Waals surface area contributed by atoms with Crippen LogP contribution in [0.4, 0.5) is 0 Å². The monoisotopic (exact) mass is 442 g/mol. The SMILES string of the molecule is CCCC/C(Cc1ccc2c(c1)c1cc(C(=O)c3ccc(O)cc3)ccc1n2CC)=N\OC. The zero-order chi connectivity index (χ0) is 23.4. The molecule has 33 heavy (non-hydrogen) atoms. The number of ketones is 1. The molecule has 0 radical (unpaired) electrons. The minimum atomic E-state index is -0.0560. The first-order chi connectivity index (χ1) is 16.0. The first-order valence-electron chi connectivity index (χ1n) is 11.5. The van der Waals surface area contributed by atoms with Gasteiger partial charge in [0.05, 0.1) is 5.71 Å². The molecule has 0 amide bonds. The maximum absolute atomic E-state index is 13.1. The Balaban J connectivity index is 1.78. The molecule has 0 saturated carbocycles. The maximum atomic E-state index is 13.1. The fraction of sp³-hybridized carbons (Fsp3) is 0.286. The number of phenolic OH excluding ortho intramolecular Hbond substituents is 1. The van der Waals surface area contributed by atoms with E-state index in [1.54, 1.807) is 31.4 Å². The Bertz CT molecular complexity index is 1320. The average Bonchev–Trinajstić information content (AvgIpc) is 3.15. The highest BCUT2D eigenvalue weighted by Crippen LogP contribution is 2.31. The normalized spacial score (nSPS) is 11.9. The number of aryl methyl sites for hydroxylation is 1. The summed E-state index contributed by atoms with van der Waals surface area (Å²) in [5, 5.41) is 16.0. The van der Waals surface area contributed by atoms with Crippen molar-refractivity contribution < 1.29 is 14.7 Å². The summed E-state index contributed by atoms with van der Waals surface area (Å²) in [5.74, 6) is 0.0930. The Morgan fingerprint density at radius 3 is 2.27 bits per heavy atom. The zero-order valence-electron chi connectivity index (χ0n) is 19.5. The van der Waals surface area contributed by atoms with Gasteiger partial charge in [-0.25, -0.2) is 0 Å². The summed E-state index contributed by atoms with van der Waals surface area (Å²) in [6.45, 7) is 5.15. The summed E-state index contributed by atoms with van der Waals surface area (Å²) in [4.78, 5) is 18.2. The molecule has 0 unspecified atom stereocenters. The lowest BCUT2D eigenvalue weighted by molar-refractivity contribution is 0.103. The fourth-order valence-corrected chi connectivity index (χ4v) is 4.43. The number of hydrogen-bond acceptors (Lipinski definition) is 4. The van der Waals surface area contributed by atoms with Gasteiger partial charge < -0.3 is 14.5 Å². The van der Waals surface area contributed by atoms with Crippen LogP contribution in [0.1, 0.15) is 54.6 Å². The van der Waals surface area contributed by atoms with Gasteiger partial charge in [-0.2, -0.15) is 0 Å². The van der Waals surface area contributed by atoms with Gasteiger partial charge in [-0.1, -0.05) is 24.6 Å². The number of fused-ring (bicyclic) bond motifs is 3. The van der Waals surface area contributed by atoms with Crippen molar-refractivity contribution in [1.82, 2.24) is 4.57 Å². The number of carbonyl (C=O) groups excluding carboxylic acids is 1. The van der Waals surface area contributed by atoms with E-state index in [0.717, 1.165) is 59.7 Å². The molecule has 5 nitrogen and oxygen atoms in total. The number of hydrogen-bond donors (Lipinski definition) is 1. The molecule has 0 aliphatic carbocycles. The lowest BCUT2D eigenvalue weighted by atomic mass is 9.99. The second-order valence-electron chi connectivity index (χ2n) is 8.32. The highest BCUT2D eigenvalue weighted by Gasteiger charge is 2.15. The van der Waals surface area contributed by atoms with Crippen molar-refractivity contribution in [3.63, 3.8) is 0 Å². The van der Waals surface area contributed by atoms with Crippen molar-refractivity contribution >= 4 is 33.3 Å². The second kappa shape index (κ2) is 9.90. The largest absolute Gasteiger partial charge is 0.508 e. The smallest absolute Gasteiger partial charge is 0.193 e. The van der Waals surface area contributed by atoms with E-state index in [2.05, 4.69) is 41.8 Å². The molecule has 0 aliphatic rings. The van der Waals surface area contributed by atoms with Crippen molar-refractivity contribution in [2.45, 2.75) is 46.1 Å². The summed E-state index contributed by atoms with van der Waals surface area (Å²) < 4.78 is 2.28. The lowest BCUT2D eigenvalue weighted by Crippen LogP contribution is -2.04. The van der Waals surface area contributed by atoms with Crippen LogP contribution in [0.3, 0.4) is 0 Å². The van der Waals surface area contributed by atoms with Crippen molar-refractivity contribution in [2.24, 2.45) is 5.16 Å². The molecule has 1 heterocycles. The maximum Gasteiger partial charge on any atom is 0.193 e. The van der Waals surface area contributed by atoms with E-state index in [1.165, 1.54) is 5.56 Å². The van der Waals surface area contributed by atoms with Crippen LogP contribution in [0.25, 0.3) is 21.8 Å². The molecule has 0 saturated heterocycles. The zero-order valence-corrected chi connectivity index (χ0v) is 19.5. The van der Waals surface area contributed by atoms with Crippen LogP contribution >= 0.6 is 0 Å². The van der Waals surface area contributed by atoms with Crippen molar-refractivity contribution in [3.05, 3.63) is 77.4 Å². The number of benzene rings is 3. The van der Waals surface area contributed by atoms with Crippen LogP contribution in [0.5, 0.6) is 5.75 Å². The molecule has 0 atom stereocenters. The Kier molecular flexibility index (Phi) is 6.78. The van der Waals surface area contributed by atoms with E-state index in [0.29, 0.717) is 11.1 Å². The topological polar surface area (TPSA) is 63.8 Å². The van der Waals surface area contributed by atoms with Gasteiger partial charge in [-0.15, -0.1) is 0 Å². The summed E-state index contributed by atoms with van der Waals surface area (Å²) in [6, 6.07) is 18.8. The van der Waals surface area contributed by atoms with Gasteiger partial charge in [0, 0.05) is 45.9 Å². The Morgan fingerprint density at radius 1 is 0.939 bits per heavy atom. The number of rotatable bonds is 9. The number of oxime groups is 1. The summed E-state index contributed by atoms with van der Waals surface area (Å²) >= 11 is 0. The van der Waals surface area contributed by atoms with Gasteiger partial charge in [-0.3, -0.25) is 4.79 Å². The van der Waals surface area contributed by atoms with E-state index in [4.69, 9.17) is 4.84 Å². The Morgan fingerprint density at radius 2 is 1.61 bits per heavy atom. The molecule has 1 aromatic heterocycles. The van der Waals surface area contributed by atoms with Gasteiger partial charge >= 0.3 is 0 Å². The molecule has 170 valence electrons. The van der Waals surface area contributed by atoms with Gasteiger partial charge in [0.1, 0.15) is 12.9 Å². The van der Waals surface area contributed by atoms with Gasteiger partial charge in [0.15, 0.2) is 5.78 Å². The fourth-order valence-electron chi connectivity index (χ4n) is 4.43. The number of aromatic hydroxyl groups is 1. The summed E-state index contributed by atoms with van der Waals surface area (Å²) in [6.07, 6.45) is 3.87. The first-order valence-corrected chi connectivity index (χ1v) is 11.5. The van der Waals surface area contributed by atoms with Gasteiger partial charge in [0.2, 0.25) is 0 Å². The van der Waals surface area contributed by atoms with Crippen molar-refractivity contribution in [1.29, 1.82) is 0 Å². The molecular weight excluding hydrogens is 412 g/mol. The summed E-state index contributed by atoms with van der Waals surface area (Å²) in [7, 11) is 1.59. The number of carbonyl (C=O) groups is 1. The first kappa shape index (κ1) is 22.6. The molecule has 3 aromatic carbocycles. The van der Waals surface area contributed by atoms with Crippen LogP contribution in [0.15, 0.2) is 65.8 Å². The van der Waals surface area contributed by atoms with E-state index < -0.39 is 0 Å². The number of aromatic nitrogens is 1. The molecule has 5 heteroatoms. The molecule has 0 fully saturated rings. The molecule has 1 N–H and O–H groups in total. The quantitative estimate of drug-likeness (QED) is 0.183. The van der Waals surface area contributed by atoms with E-state index >= 15 is 0 Å². The van der Waals surface area contributed by atoms with E-state index in [1.807, 2.05) is 18.2 Å². The van der Waals surface area contributed by atoms with Gasteiger partial charge in [0.25, 0.3) is 0 Å². The minimum absolute atomic E-state index is 0.0560. The molecule has 0 bridgehead atoms. The van der Waals surface area contributed by atoms with Crippen LogP contribution in [-0.2, 0) is 17.8 Å². The van der Waals surface area contributed by atoms with Crippen LogP contribution < -0.4 is 0 Å².